The predicted molar refractivity (Wildman–Crippen MR) is 99.6 cm³/mol. The lowest BCUT2D eigenvalue weighted by Gasteiger charge is -2.37. The lowest BCUT2D eigenvalue weighted by Crippen LogP contribution is -2.44. The number of anilines is 1. The number of hydrogen-bond acceptors (Lipinski definition) is 3. The molecule has 138 valence electrons. The Bertz CT molecular complexity index is 582. The Balaban J connectivity index is 1.80. The van der Waals surface area contributed by atoms with Crippen molar-refractivity contribution >= 4 is 17.5 Å². The summed E-state index contributed by atoms with van der Waals surface area (Å²) < 4.78 is 5.35. The van der Waals surface area contributed by atoms with E-state index in [9.17, 15) is 9.59 Å². The standard InChI is InChI=1S/C20H30N2O3/c1-5-25-17-12-10-16(11-13-17)22-19(24)18(23)21-15-8-6-14(7-9-15)20(2,3)4/h10-15H,5-9H2,1-4H3,(H,21,23)(H,22,24). The highest BCUT2D eigenvalue weighted by atomic mass is 16.5. The number of benzene rings is 1. The van der Waals surface area contributed by atoms with Crippen LogP contribution in [-0.4, -0.2) is 24.5 Å². The Kier molecular flexibility index (Phi) is 6.45. The summed E-state index contributed by atoms with van der Waals surface area (Å²) in [4.78, 5) is 24.2. The summed E-state index contributed by atoms with van der Waals surface area (Å²) in [5.41, 5.74) is 0.889. The van der Waals surface area contributed by atoms with Gasteiger partial charge < -0.3 is 15.4 Å². The second-order valence-electron chi connectivity index (χ2n) is 7.80. The van der Waals surface area contributed by atoms with Gasteiger partial charge >= 0.3 is 11.8 Å². The van der Waals surface area contributed by atoms with Crippen LogP contribution in [0.5, 0.6) is 5.75 Å². The van der Waals surface area contributed by atoms with E-state index in [2.05, 4.69) is 31.4 Å². The molecule has 2 rings (SSSR count). The molecule has 5 nitrogen and oxygen atoms in total. The number of ether oxygens (including phenoxy) is 1. The van der Waals surface area contributed by atoms with E-state index in [4.69, 9.17) is 4.74 Å². The zero-order valence-corrected chi connectivity index (χ0v) is 15.7. The molecular weight excluding hydrogens is 316 g/mol. The van der Waals surface area contributed by atoms with Gasteiger partial charge in [-0.25, -0.2) is 0 Å². The van der Waals surface area contributed by atoms with E-state index in [0.29, 0.717) is 23.6 Å². The molecule has 2 N–H and O–H groups in total. The molecule has 1 aromatic carbocycles. The number of hydrogen-bond donors (Lipinski definition) is 2. The average molecular weight is 346 g/mol. The van der Waals surface area contributed by atoms with Gasteiger partial charge in [0.05, 0.1) is 6.61 Å². The summed E-state index contributed by atoms with van der Waals surface area (Å²) in [5.74, 6) is 0.231. The molecule has 5 heteroatoms. The minimum Gasteiger partial charge on any atom is -0.494 e. The zero-order chi connectivity index (χ0) is 18.4. The fourth-order valence-corrected chi connectivity index (χ4v) is 3.34. The number of amides is 2. The second kappa shape index (κ2) is 8.37. The van der Waals surface area contributed by atoms with Gasteiger partial charge in [0.25, 0.3) is 0 Å². The van der Waals surface area contributed by atoms with Gasteiger partial charge in [-0.05, 0) is 68.2 Å². The minimum absolute atomic E-state index is 0.0946. The Hall–Kier alpha value is -2.04. The van der Waals surface area contributed by atoms with Crippen LogP contribution in [0.2, 0.25) is 0 Å². The van der Waals surface area contributed by atoms with E-state index >= 15 is 0 Å². The van der Waals surface area contributed by atoms with Crippen molar-refractivity contribution in [2.45, 2.75) is 59.4 Å². The summed E-state index contributed by atoms with van der Waals surface area (Å²) in [6.45, 7) is 9.29. The smallest absolute Gasteiger partial charge is 0.313 e. The van der Waals surface area contributed by atoms with Crippen LogP contribution in [0.15, 0.2) is 24.3 Å². The Morgan fingerprint density at radius 3 is 2.16 bits per heavy atom. The average Bonchev–Trinajstić information content (AvgIpc) is 2.56. The van der Waals surface area contributed by atoms with Crippen LogP contribution in [0.4, 0.5) is 5.69 Å². The third kappa shape index (κ3) is 5.76. The van der Waals surface area contributed by atoms with Gasteiger partial charge in [-0.1, -0.05) is 20.8 Å². The summed E-state index contributed by atoms with van der Waals surface area (Å²) in [6.07, 6.45) is 4.05. The van der Waals surface area contributed by atoms with E-state index in [1.54, 1.807) is 24.3 Å². The molecule has 1 aliphatic rings. The molecule has 0 unspecified atom stereocenters. The van der Waals surface area contributed by atoms with Gasteiger partial charge in [-0.2, -0.15) is 0 Å². The van der Waals surface area contributed by atoms with E-state index in [0.717, 1.165) is 31.4 Å². The highest BCUT2D eigenvalue weighted by molar-refractivity contribution is 6.39. The van der Waals surface area contributed by atoms with E-state index in [1.807, 2.05) is 6.92 Å². The number of carbonyl (C=O) groups excluding carboxylic acids is 2. The molecule has 0 heterocycles. The monoisotopic (exact) mass is 346 g/mol. The zero-order valence-electron chi connectivity index (χ0n) is 15.7. The van der Waals surface area contributed by atoms with E-state index in [-0.39, 0.29) is 6.04 Å². The highest BCUT2D eigenvalue weighted by Crippen LogP contribution is 2.37. The maximum absolute atomic E-state index is 12.1. The first-order valence-corrected chi connectivity index (χ1v) is 9.14. The molecule has 0 aromatic heterocycles. The van der Waals surface area contributed by atoms with Crippen LogP contribution < -0.4 is 15.4 Å². The minimum atomic E-state index is -0.623. The number of nitrogens with one attached hydrogen (secondary N) is 2. The largest absolute Gasteiger partial charge is 0.494 e. The van der Waals surface area contributed by atoms with Crippen molar-refractivity contribution in [3.63, 3.8) is 0 Å². The number of carbonyl (C=O) groups is 2. The van der Waals surface area contributed by atoms with Crippen LogP contribution in [0.1, 0.15) is 53.4 Å². The fourth-order valence-electron chi connectivity index (χ4n) is 3.34. The molecule has 0 aliphatic heterocycles. The molecule has 1 fully saturated rings. The molecule has 0 atom stereocenters. The maximum atomic E-state index is 12.1. The van der Waals surface area contributed by atoms with E-state index in [1.165, 1.54) is 0 Å². The summed E-state index contributed by atoms with van der Waals surface area (Å²) in [6, 6.07) is 7.09. The highest BCUT2D eigenvalue weighted by Gasteiger charge is 2.30. The summed E-state index contributed by atoms with van der Waals surface area (Å²) >= 11 is 0. The van der Waals surface area contributed by atoms with Crippen LogP contribution in [0.25, 0.3) is 0 Å². The lowest BCUT2D eigenvalue weighted by molar-refractivity contribution is -0.136. The Morgan fingerprint density at radius 2 is 1.64 bits per heavy atom. The van der Waals surface area contributed by atoms with Crippen LogP contribution in [-0.2, 0) is 9.59 Å². The molecular formula is C20H30N2O3. The summed E-state index contributed by atoms with van der Waals surface area (Å²) in [7, 11) is 0. The lowest BCUT2D eigenvalue weighted by atomic mass is 9.71. The van der Waals surface area contributed by atoms with Crippen molar-refractivity contribution in [1.29, 1.82) is 0 Å². The van der Waals surface area contributed by atoms with Gasteiger partial charge in [-0.15, -0.1) is 0 Å². The van der Waals surface area contributed by atoms with Crippen molar-refractivity contribution in [1.82, 2.24) is 5.32 Å². The third-order valence-electron chi connectivity index (χ3n) is 4.92. The van der Waals surface area contributed by atoms with Gasteiger partial charge in [0.1, 0.15) is 5.75 Å². The third-order valence-corrected chi connectivity index (χ3v) is 4.92. The molecule has 0 saturated heterocycles. The SMILES string of the molecule is CCOc1ccc(NC(=O)C(=O)NC2CCC(C(C)(C)C)CC2)cc1. The molecule has 0 bridgehead atoms. The van der Waals surface area contributed by atoms with Gasteiger partial charge in [-0.3, -0.25) is 9.59 Å². The van der Waals surface area contributed by atoms with Crippen LogP contribution in [0, 0.1) is 11.3 Å². The maximum Gasteiger partial charge on any atom is 0.313 e. The molecule has 25 heavy (non-hydrogen) atoms. The van der Waals surface area contributed by atoms with Gasteiger partial charge in [0.15, 0.2) is 0 Å². The van der Waals surface area contributed by atoms with E-state index < -0.39 is 11.8 Å². The van der Waals surface area contributed by atoms with Crippen LogP contribution >= 0.6 is 0 Å². The van der Waals surface area contributed by atoms with Crippen LogP contribution in [0.3, 0.4) is 0 Å². The van der Waals surface area contributed by atoms with Gasteiger partial charge in [0, 0.05) is 11.7 Å². The molecule has 1 aromatic rings. The summed E-state index contributed by atoms with van der Waals surface area (Å²) in [5, 5.41) is 5.49. The first kappa shape index (κ1) is 19.3. The second-order valence-corrected chi connectivity index (χ2v) is 7.80. The quantitative estimate of drug-likeness (QED) is 0.816. The van der Waals surface area contributed by atoms with Crippen molar-refractivity contribution in [2.24, 2.45) is 11.3 Å². The fraction of sp³-hybridized carbons (Fsp3) is 0.600. The normalized spacial score (nSPS) is 20.6. The topological polar surface area (TPSA) is 67.4 Å². The number of rotatable bonds is 4. The van der Waals surface area contributed by atoms with Crippen molar-refractivity contribution < 1.29 is 14.3 Å². The molecule has 0 radical (unpaired) electrons. The Morgan fingerprint density at radius 1 is 1.04 bits per heavy atom. The predicted octanol–water partition coefficient (Wildman–Crippen LogP) is 3.74. The first-order valence-electron chi connectivity index (χ1n) is 9.14. The molecule has 2 amide bonds. The first-order chi connectivity index (χ1) is 11.8. The van der Waals surface area contributed by atoms with Crippen molar-refractivity contribution in [2.75, 3.05) is 11.9 Å². The molecule has 1 saturated carbocycles. The van der Waals surface area contributed by atoms with Crippen molar-refractivity contribution in [3.8, 4) is 5.75 Å². The Labute approximate surface area is 150 Å². The van der Waals surface area contributed by atoms with Crippen molar-refractivity contribution in [3.05, 3.63) is 24.3 Å². The molecule has 0 spiro atoms. The van der Waals surface area contributed by atoms with Gasteiger partial charge in [0.2, 0.25) is 0 Å². The molecule has 1 aliphatic carbocycles.